The minimum Gasteiger partial charge on any atom is -0.508 e. The summed E-state index contributed by atoms with van der Waals surface area (Å²) in [5.41, 5.74) is 13.6. The molecule has 3 aromatic heterocycles. The number of amidine groups is 1. The standard InChI is InChI=1S/C33H42N8O3/c1-4-21-15-24(42)5-6-27(21)38-33(34)26-18-36-41-19-22(16-30(41)32(26)37-28-20-44-14-10-31(28)43)25-17-35-11-7-29(25)40-12-8-23(9-13-40)39(2)3/h5-7,11,15-19,23,28,31,37,42-43H,4,8-10,12-14,20H2,1-3H3,(H2,34,38)/t28-,31-/m0/s1. The number of phenols is 1. The molecule has 2 fully saturated rings. The zero-order valence-corrected chi connectivity index (χ0v) is 25.6. The van der Waals surface area contributed by atoms with E-state index in [0.717, 1.165) is 59.5 Å². The van der Waals surface area contributed by atoms with Gasteiger partial charge in [0, 0.05) is 61.1 Å². The van der Waals surface area contributed by atoms with Crippen molar-refractivity contribution in [3.8, 4) is 16.9 Å². The van der Waals surface area contributed by atoms with E-state index in [-0.39, 0.29) is 17.6 Å². The molecule has 2 aliphatic heterocycles. The summed E-state index contributed by atoms with van der Waals surface area (Å²) in [4.78, 5) is 14.0. The lowest BCUT2D eigenvalue weighted by atomic mass is 10.0. The lowest BCUT2D eigenvalue weighted by Crippen LogP contribution is -2.42. The molecule has 4 aromatic rings. The fourth-order valence-corrected chi connectivity index (χ4v) is 6.26. The van der Waals surface area contributed by atoms with Crippen LogP contribution >= 0.6 is 0 Å². The first kappa shape index (κ1) is 29.9. The van der Waals surface area contributed by atoms with E-state index in [2.05, 4.69) is 46.3 Å². The Morgan fingerprint density at radius 2 is 1.98 bits per heavy atom. The van der Waals surface area contributed by atoms with Gasteiger partial charge in [0.15, 0.2) is 0 Å². The smallest absolute Gasteiger partial charge is 0.135 e. The van der Waals surface area contributed by atoms with E-state index < -0.39 is 6.10 Å². The second-order valence-electron chi connectivity index (χ2n) is 11.9. The molecule has 5 heterocycles. The van der Waals surface area contributed by atoms with Crippen LogP contribution in [-0.2, 0) is 11.2 Å². The molecule has 1 aromatic carbocycles. The molecule has 5 N–H and O–H groups in total. The molecule has 2 saturated heterocycles. The van der Waals surface area contributed by atoms with Crippen LogP contribution in [0.5, 0.6) is 5.75 Å². The third-order valence-corrected chi connectivity index (χ3v) is 8.89. The summed E-state index contributed by atoms with van der Waals surface area (Å²) in [6.07, 6.45) is 10.4. The molecule has 11 nitrogen and oxygen atoms in total. The number of rotatable bonds is 8. The Labute approximate surface area is 258 Å². The first-order valence-corrected chi connectivity index (χ1v) is 15.4. The fourth-order valence-electron chi connectivity index (χ4n) is 6.26. The molecule has 0 bridgehead atoms. The maximum absolute atomic E-state index is 10.8. The Kier molecular flexibility index (Phi) is 8.69. The van der Waals surface area contributed by atoms with Gasteiger partial charge in [0.1, 0.15) is 11.6 Å². The van der Waals surface area contributed by atoms with Crippen molar-refractivity contribution in [3.05, 3.63) is 66.2 Å². The van der Waals surface area contributed by atoms with Gasteiger partial charge in [0.2, 0.25) is 0 Å². The fraction of sp³-hybridized carbons (Fsp3) is 0.424. The van der Waals surface area contributed by atoms with Crippen LogP contribution < -0.4 is 16.0 Å². The topological polar surface area (TPSA) is 137 Å². The van der Waals surface area contributed by atoms with Crippen molar-refractivity contribution in [2.75, 3.05) is 50.6 Å². The summed E-state index contributed by atoms with van der Waals surface area (Å²) >= 11 is 0. The zero-order valence-electron chi connectivity index (χ0n) is 25.6. The molecule has 0 saturated carbocycles. The van der Waals surface area contributed by atoms with E-state index in [1.165, 1.54) is 0 Å². The summed E-state index contributed by atoms with van der Waals surface area (Å²) in [5.74, 6) is 0.469. The second-order valence-corrected chi connectivity index (χ2v) is 11.9. The van der Waals surface area contributed by atoms with Gasteiger partial charge >= 0.3 is 0 Å². The van der Waals surface area contributed by atoms with Crippen LogP contribution in [0.2, 0.25) is 0 Å². The quantitative estimate of drug-likeness (QED) is 0.176. The van der Waals surface area contributed by atoms with Gasteiger partial charge in [-0.05, 0) is 75.7 Å². The van der Waals surface area contributed by atoms with Crippen molar-refractivity contribution < 1.29 is 14.9 Å². The van der Waals surface area contributed by atoms with Gasteiger partial charge < -0.3 is 35.8 Å². The van der Waals surface area contributed by atoms with Crippen molar-refractivity contribution in [2.24, 2.45) is 10.7 Å². The lowest BCUT2D eigenvalue weighted by Gasteiger charge is -2.37. The van der Waals surface area contributed by atoms with Gasteiger partial charge in [-0.25, -0.2) is 9.51 Å². The summed E-state index contributed by atoms with van der Waals surface area (Å²) in [7, 11) is 4.31. The van der Waals surface area contributed by atoms with Crippen molar-refractivity contribution in [1.29, 1.82) is 0 Å². The zero-order chi connectivity index (χ0) is 30.8. The highest BCUT2D eigenvalue weighted by atomic mass is 16.5. The van der Waals surface area contributed by atoms with Crippen LogP contribution in [0.25, 0.3) is 16.6 Å². The predicted octanol–water partition coefficient (Wildman–Crippen LogP) is 3.79. The summed E-state index contributed by atoms with van der Waals surface area (Å²) in [5, 5.41) is 29.1. The largest absolute Gasteiger partial charge is 0.508 e. The van der Waals surface area contributed by atoms with Gasteiger partial charge in [0.25, 0.3) is 0 Å². The number of aliphatic hydroxyl groups is 1. The highest BCUT2D eigenvalue weighted by Crippen LogP contribution is 2.36. The SMILES string of the molecule is CCc1cc(O)ccc1/N=C(\N)c1cnn2cc(-c3cnccc3N3CCC(N(C)C)CC3)cc2c1N[C@H]1COCC[C@@H]1O. The van der Waals surface area contributed by atoms with E-state index in [4.69, 9.17) is 20.6 Å². The number of aliphatic hydroxyl groups excluding tert-OH is 1. The molecular formula is C33H42N8O3. The molecule has 2 atom stereocenters. The molecule has 232 valence electrons. The molecule has 44 heavy (non-hydrogen) atoms. The van der Waals surface area contributed by atoms with Crippen LogP contribution in [0.3, 0.4) is 0 Å². The highest BCUT2D eigenvalue weighted by molar-refractivity contribution is 6.06. The third-order valence-electron chi connectivity index (χ3n) is 8.89. The summed E-state index contributed by atoms with van der Waals surface area (Å²) in [6.45, 7) is 4.85. The van der Waals surface area contributed by atoms with E-state index in [9.17, 15) is 10.2 Å². The Hall–Kier alpha value is -4.19. The number of nitrogens with one attached hydrogen (secondary N) is 1. The second kappa shape index (κ2) is 12.8. The number of phenolic OH excluding ortho intramolecular Hbond substituents is 1. The van der Waals surface area contributed by atoms with Gasteiger partial charge in [-0.15, -0.1) is 0 Å². The monoisotopic (exact) mass is 598 g/mol. The molecule has 6 rings (SSSR count). The third kappa shape index (κ3) is 6.08. The van der Waals surface area contributed by atoms with Gasteiger partial charge in [0.05, 0.1) is 47.4 Å². The molecule has 0 amide bonds. The first-order chi connectivity index (χ1) is 21.3. The Balaban J connectivity index is 1.42. The van der Waals surface area contributed by atoms with E-state index in [0.29, 0.717) is 43.3 Å². The van der Waals surface area contributed by atoms with Crippen molar-refractivity contribution in [1.82, 2.24) is 19.5 Å². The molecule has 2 aliphatic rings. The van der Waals surface area contributed by atoms with Crippen molar-refractivity contribution in [3.63, 3.8) is 0 Å². The number of aromatic hydroxyl groups is 1. The van der Waals surface area contributed by atoms with Crippen molar-refractivity contribution in [2.45, 2.75) is 50.8 Å². The van der Waals surface area contributed by atoms with Gasteiger partial charge in [-0.1, -0.05) is 6.92 Å². The predicted molar refractivity (Wildman–Crippen MR) is 174 cm³/mol. The van der Waals surface area contributed by atoms with Gasteiger partial charge in [-0.2, -0.15) is 5.10 Å². The van der Waals surface area contributed by atoms with Crippen LogP contribution in [0.15, 0.2) is 60.1 Å². The highest BCUT2D eigenvalue weighted by Gasteiger charge is 2.27. The van der Waals surface area contributed by atoms with E-state index in [1.807, 2.05) is 30.0 Å². The lowest BCUT2D eigenvalue weighted by molar-refractivity contribution is 0.00318. The maximum Gasteiger partial charge on any atom is 0.135 e. The Bertz CT molecular complexity index is 1640. The first-order valence-electron chi connectivity index (χ1n) is 15.4. The molecule has 11 heteroatoms. The number of aliphatic imine (C=N–C) groups is 1. The molecule has 0 radical (unpaired) electrons. The Morgan fingerprint density at radius 3 is 2.73 bits per heavy atom. The van der Waals surface area contributed by atoms with Gasteiger partial charge in [-0.3, -0.25) is 4.98 Å². The normalized spacial score (nSPS) is 20.0. The van der Waals surface area contributed by atoms with Crippen LogP contribution in [0.1, 0.15) is 37.3 Å². The number of anilines is 2. The number of hydrogen-bond donors (Lipinski definition) is 4. The average Bonchev–Trinajstić information content (AvgIpc) is 3.48. The number of hydrogen-bond acceptors (Lipinski definition) is 9. The minimum atomic E-state index is -0.573. The maximum atomic E-state index is 10.8. The minimum absolute atomic E-state index is 0.189. The molecule has 0 aliphatic carbocycles. The average molecular weight is 599 g/mol. The molecule has 0 unspecified atom stereocenters. The van der Waals surface area contributed by atoms with Crippen molar-refractivity contribution >= 4 is 28.4 Å². The number of benzene rings is 1. The number of aromatic nitrogens is 3. The van der Waals surface area contributed by atoms with E-state index >= 15 is 0 Å². The molecular weight excluding hydrogens is 556 g/mol. The summed E-state index contributed by atoms with van der Waals surface area (Å²) in [6, 6.07) is 9.52. The van der Waals surface area contributed by atoms with Crippen LogP contribution in [0.4, 0.5) is 17.1 Å². The Morgan fingerprint density at radius 1 is 1.16 bits per heavy atom. The number of nitrogens with two attached hydrogens (primary N) is 1. The number of fused-ring (bicyclic) bond motifs is 1. The number of nitrogens with zero attached hydrogens (tertiary/aromatic N) is 6. The van der Waals surface area contributed by atoms with Crippen LogP contribution in [0, 0.1) is 0 Å². The number of ether oxygens (including phenoxy) is 1. The number of piperidine rings is 1. The number of pyridine rings is 1. The molecule has 0 spiro atoms. The van der Waals surface area contributed by atoms with E-state index in [1.54, 1.807) is 24.4 Å². The summed E-state index contributed by atoms with van der Waals surface area (Å²) < 4.78 is 7.54. The van der Waals surface area contributed by atoms with Crippen LogP contribution in [-0.4, -0.2) is 94.1 Å². The number of aryl methyl sites for hydroxylation is 1.